The van der Waals surface area contributed by atoms with Crippen LogP contribution in [0.1, 0.15) is 11.5 Å². The first-order valence-corrected chi connectivity index (χ1v) is 7.15. The molecule has 4 aromatic rings. The van der Waals surface area contributed by atoms with Gasteiger partial charge < -0.3 is 10.3 Å². The molecule has 4 rings (SSSR count). The summed E-state index contributed by atoms with van der Waals surface area (Å²) in [6, 6.07) is 12.1. The summed E-state index contributed by atoms with van der Waals surface area (Å²) in [7, 11) is 0. The molecule has 0 saturated carbocycles. The number of anilines is 2. The van der Waals surface area contributed by atoms with Crippen molar-refractivity contribution in [3.05, 3.63) is 54.1 Å². The van der Waals surface area contributed by atoms with Crippen LogP contribution in [0.5, 0.6) is 0 Å². The van der Waals surface area contributed by atoms with Gasteiger partial charge in [0.1, 0.15) is 17.3 Å². The number of nitrogens with one attached hydrogen (secondary N) is 2. The lowest BCUT2D eigenvalue weighted by Gasteiger charge is -2.09. The van der Waals surface area contributed by atoms with E-state index in [4.69, 9.17) is 0 Å². The van der Waals surface area contributed by atoms with Crippen molar-refractivity contribution in [2.45, 2.75) is 13.8 Å². The van der Waals surface area contributed by atoms with E-state index < -0.39 is 0 Å². The second-order valence-corrected chi connectivity index (χ2v) is 5.34. The molecular weight excluding hydrogens is 274 g/mol. The molecule has 22 heavy (non-hydrogen) atoms. The zero-order chi connectivity index (χ0) is 15.1. The Morgan fingerprint density at radius 1 is 1.05 bits per heavy atom. The van der Waals surface area contributed by atoms with E-state index in [1.165, 1.54) is 0 Å². The summed E-state index contributed by atoms with van der Waals surface area (Å²) in [5.74, 6) is 1.52. The minimum atomic E-state index is 0.727. The van der Waals surface area contributed by atoms with Crippen LogP contribution < -0.4 is 5.32 Å². The number of H-pyrrole nitrogens is 1. The number of rotatable bonds is 2. The molecule has 3 heterocycles. The third-order valence-corrected chi connectivity index (χ3v) is 3.62. The van der Waals surface area contributed by atoms with Crippen LogP contribution in [0.4, 0.5) is 11.5 Å². The maximum atomic E-state index is 4.55. The first-order valence-electron chi connectivity index (χ1n) is 7.15. The van der Waals surface area contributed by atoms with Crippen LogP contribution in [0.2, 0.25) is 0 Å². The number of aromatic amines is 1. The Bertz CT molecular complexity index is 982. The van der Waals surface area contributed by atoms with Gasteiger partial charge in [0.15, 0.2) is 0 Å². The molecule has 5 heteroatoms. The maximum absolute atomic E-state index is 4.55. The highest BCUT2D eigenvalue weighted by molar-refractivity contribution is 5.96. The number of nitrogens with zero attached hydrogens (tertiary/aromatic N) is 3. The van der Waals surface area contributed by atoms with Gasteiger partial charge in [0.05, 0.1) is 16.6 Å². The van der Waals surface area contributed by atoms with Crippen molar-refractivity contribution in [2.24, 2.45) is 0 Å². The van der Waals surface area contributed by atoms with E-state index in [-0.39, 0.29) is 0 Å². The lowest BCUT2D eigenvalue weighted by Crippen LogP contribution is -1.99. The van der Waals surface area contributed by atoms with Crippen molar-refractivity contribution in [3.63, 3.8) is 0 Å². The fourth-order valence-corrected chi connectivity index (χ4v) is 2.68. The first kappa shape index (κ1) is 12.8. The van der Waals surface area contributed by atoms with Crippen molar-refractivity contribution in [3.8, 4) is 0 Å². The van der Waals surface area contributed by atoms with E-state index in [2.05, 4.69) is 43.5 Å². The SMILES string of the molecule is Cc1nc(Nc2cccc3cccnc23)c2cc(C)[nH]c2n1. The van der Waals surface area contributed by atoms with E-state index in [0.29, 0.717) is 0 Å². The average Bonchev–Trinajstić information content (AvgIpc) is 2.88. The van der Waals surface area contributed by atoms with Gasteiger partial charge in [-0.05, 0) is 32.0 Å². The molecule has 0 fully saturated rings. The smallest absolute Gasteiger partial charge is 0.143 e. The van der Waals surface area contributed by atoms with Crippen LogP contribution in [0, 0.1) is 13.8 Å². The minimum absolute atomic E-state index is 0.727. The molecule has 0 aliphatic rings. The number of hydrogen-bond donors (Lipinski definition) is 2. The Kier molecular flexibility index (Phi) is 2.79. The summed E-state index contributed by atoms with van der Waals surface area (Å²) in [5.41, 5.74) is 3.78. The molecule has 5 nitrogen and oxygen atoms in total. The molecule has 0 bridgehead atoms. The molecule has 0 atom stereocenters. The number of fused-ring (bicyclic) bond motifs is 2. The Balaban J connectivity index is 1.89. The predicted octanol–water partition coefficient (Wildman–Crippen LogP) is 3.87. The van der Waals surface area contributed by atoms with Crippen molar-refractivity contribution >= 4 is 33.4 Å². The second kappa shape index (κ2) is 4.80. The quantitative estimate of drug-likeness (QED) is 0.588. The van der Waals surface area contributed by atoms with Gasteiger partial charge in [-0.1, -0.05) is 18.2 Å². The molecule has 0 spiro atoms. The van der Waals surface area contributed by atoms with Gasteiger partial charge in [-0.2, -0.15) is 0 Å². The monoisotopic (exact) mass is 289 g/mol. The minimum Gasteiger partial charge on any atom is -0.343 e. The lowest BCUT2D eigenvalue weighted by molar-refractivity contribution is 1.08. The summed E-state index contributed by atoms with van der Waals surface area (Å²) >= 11 is 0. The number of hydrogen-bond acceptors (Lipinski definition) is 4. The molecular formula is C17H15N5. The van der Waals surface area contributed by atoms with E-state index in [1.54, 1.807) is 6.20 Å². The first-order chi connectivity index (χ1) is 10.7. The summed E-state index contributed by atoms with van der Waals surface area (Å²) in [5, 5.41) is 5.49. The fourth-order valence-electron chi connectivity index (χ4n) is 2.68. The standard InChI is InChI=1S/C17H15N5/c1-10-9-13-16(19-10)20-11(2)21-17(13)22-14-7-3-5-12-6-4-8-18-15(12)14/h3-9H,1-2H3,(H2,19,20,21,22). The maximum Gasteiger partial charge on any atom is 0.143 e. The third kappa shape index (κ3) is 2.07. The van der Waals surface area contributed by atoms with E-state index in [9.17, 15) is 0 Å². The van der Waals surface area contributed by atoms with Gasteiger partial charge in [-0.25, -0.2) is 9.97 Å². The van der Waals surface area contributed by atoms with Crippen LogP contribution in [-0.4, -0.2) is 19.9 Å². The number of benzene rings is 1. The van der Waals surface area contributed by atoms with E-state index in [1.807, 2.05) is 32.0 Å². The number of pyridine rings is 1. The topological polar surface area (TPSA) is 66.5 Å². The Morgan fingerprint density at radius 3 is 2.82 bits per heavy atom. The normalized spacial score (nSPS) is 11.2. The van der Waals surface area contributed by atoms with Crippen molar-refractivity contribution in [2.75, 3.05) is 5.32 Å². The lowest BCUT2D eigenvalue weighted by atomic mass is 10.2. The van der Waals surface area contributed by atoms with Crippen LogP contribution in [0.15, 0.2) is 42.6 Å². The molecule has 0 aliphatic heterocycles. The van der Waals surface area contributed by atoms with Crippen molar-refractivity contribution < 1.29 is 0 Å². The Labute approximate surface area is 127 Å². The van der Waals surface area contributed by atoms with Crippen LogP contribution in [-0.2, 0) is 0 Å². The predicted molar refractivity (Wildman–Crippen MR) is 88.4 cm³/mol. The second-order valence-electron chi connectivity index (χ2n) is 5.34. The van der Waals surface area contributed by atoms with E-state index in [0.717, 1.165) is 45.0 Å². The highest BCUT2D eigenvalue weighted by Crippen LogP contribution is 2.28. The molecule has 0 amide bonds. The number of aromatic nitrogens is 4. The summed E-state index contributed by atoms with van der Waals surface area (Å²) in [6.07, 6.45) is 1.80. The number of aryl methyl sites for hydroxylation is 2. The zero-order valence-electron chi connectivity index (χ0n) is 12.4. The summed E-state index contributed by atoms with van der Waals surface area (Å²) in [6.45, 7) is 3.91. The van der Waals surface area contributed by atoms with Gasteiger partial charge in [0.25, 0.3) is 0 Å². The van der Waals surface area contributed by atoms with Crippen LogP contribution in [0.25, 0.3) is 21.9 Å². The summed E-state index contributed by atoms with van der Waals surface area (Å²) in [4.78, 5) is 16.7. The van der Waals surface area contributed by atoms with Gasteiger partial charge in [0, 0.05) is 17.3 Å². The van der Waals surface area contributed by atoms with Crippen molar-refractivity contribution in [1.29, 1.82) is 0 Å². The molecule has 0 unspecified atom stereocenters. The summed E-state index contributed by atoms with van der Waals surface area (Å²) < 4.78 is 0. The highest BCUT2D eigenvalue weighted by atomic mass is 15.1. The van der Waals surface area contributed by atoms with Crippen molar-refractivity contribution in [1.82, 2.24) is 19.9 Å². The largest absolute Gasteiger partial charge is 0.343 e. The van der Waals surface area contributed by atoms with Gasteiger partial charge in [0.2, 0.25) is 0 Å². The van der Waals surface area contributed by atoms with Gasteiger partial charge >= 0.3 is 0 Å². The third-order valence-electron chi connectivity index (χ3n) is 3.62. The average molecular weight is 289 g/mol. The Morgan fingerprint density at radius 2 is 1.91 bits per heavy atom. The Hall–Kier alpha value is -2.95. The molecule has 1 aromatic carbocycles. The van der Waals surface area contributed by atoms with Crippen LogP contribution in [0.3, 0.4) is 0 Å². The fraction of sp³-hybridized carbons (Fsp3) is 0.118. The van der Waals surface area contributed by atoms with E-state index >= 15 is 0 Å². The zero-order valence-corrected chi connectivity index (χ0v) is 12.4. The molecule has 108 valence electrons. The van der Waals surface area contributed by atoms with Gasteiger partial charge in [-0.15, -0.1) is 0 Å². The van der Waals surface area contributed by atoms with Crippen LogP contribution >= 0.6 is 0 Å². The van der Waals surface area contributed by atoms with Gasteiger partial charge in [-0.3, -0.25) is 4.98 Å². The highest BCUT2D eigenvalue weighted by Gasteiger charge is 2.10. The molecule has 0 radical (unpaired) electrons. The molecule has 2 N–H and O–H groups in total. The molecule has 0 saturated heterocycles. The number of para-hydroxylation sites is 1. The molecule has 0 aliphatic carbocycles. The molecule has 3 aromatic heterocycles.